The molecule has 10 unspecified atom stereocenters. The molecular formula is C42H74N2O27. The van der Waals surface area contributed by atoms with Crippen LogP contribution in [0.1, 0.15) is 46.5 Å². The lowest BCUT2D eigenvalue weighted by atomic mass is 9.84. The number of unbranched alkanes of at least 4 members (excludes halogenated alkanes) is 2. The topological polar surface area (TPSA) is 468 Å². The highest BCUT2D eigenvalue weighted by Gasteiger charge is 2.61. The van der Waals surface area contributed by atoms with E-state index in [1.807, 2.05) is 0 Å². The average Bonchev–Trinajstić information content (AvgIpc) is 3.34. The first-order chi connectivity index (χ1) is 33.6. The number of carbonyl (C=O) groups excluding carboxylic acids is 1. The van der Waals surface area contributed by atoms with Gasteiger partial charge in [0.2, 0.25) is 5.91 Å². The number of hydrogen-bond acceptors (Lipinski definition) is 27. The third kappa shape index (κ3) is 13.5. The zero-order valence-corrected chi connectivity index (χ0v) is 39.4. The van der Waals surface area contributed by atoms with Gasteiger partial charge in [-0.2, -0.15) is 0 Å². The average molecular weight is 1040 g/mol. The minimum Gasteiger partial charge on any atom is -0.477 e. The van der Waals surface area contributed by atoms with Crippen molar-refractivity contribution in [2.75, 3.05) is 46.2 Å². The summed E-state index contributed by atoms with van der Waals surface area (Å²) in [7, 11) is 0. The van der Waals surface area contributed by atoms with Crippen molar-refractivity contribution in [3.8, 4) is 0 Å². The van der Waals surface area contributed by atoms with Gasteiger partial charge in [-0.05, 0) is 25.8 Å². The van der Waals surface area contributed by atoms with Crippen LogP contribution in [0.25, 0.3) is 0 Å². The molecule has 71 heavy (non-hydrogen) atoms. The van der Waals surface area contributed by atoms with Gasteiger partial charge in [0.25, 0.3) is 5.79 Å². The van der Waals surface area contributed by atoms with Crippen molar-refractivity contribution in [1.82, 2.24) is 5.32 Å². The van der Waals surface area contributed by atoms with Crippen LogP contribution >= 0.6 is 0 Å². The van der Waals surface area contributed by atoms with Crippen LogP contribution in [0.4, 0.5) is 0 Å². The minimum absolute atomic E-state index is 0.0523. The lowest BCUT2D eigenvalue weighted by molar-refractivity contribution is -0.402. The van der Waals surface area contributed by atoms with Crippen LogP contribution in [0.2, 0.25) is 0 Å². The number of carboxylic acids is 1. The van der Waals surface area contributed by atoms with Gasteiger partial charge in [0.15, 0.2) is 25.2 Å². The molecule has 5 heterocycles. The Bertz CT molecular complexity index is 1640. The minimum atomic E-state index is -3.09. The molecule has 0 aromatic heterocycles. The first-order valence-electron chi connectivity index (χ1n) is 23.6. The normalized spacial score (nSPS) is 45.2. The molecule has 0 aliphatic carbocycles. The standard InChI is InChI=1S/C42H74N2O27/c1-15-18(51)9-42(41(60)61,70-32(15)26(54)19(52)10-45)71-36-31(59)40(66-23(14-49)33(36)67-37-16(2)25(53)27(55)20(11-46)63-37)68-34-24(44-17(3)50)38(64-21(12-47)28(34)56)69-35-29(57)22(13-48)65-39(30(35)58)62-8-6-4-5-7-43/h15-16,18-40,45-49,51-59H,4-14,43H2,1-3H3,(H,44,50)(H,60,61)/t15-,16-,18?,19+,20?,21?,22?,23?,24?,25+,26+,27-,28+,29-,30?,31?,32?,33-,34+,35-,36+,37?,38-,39+,40-,42+/m0/s1. The van der Waals surface area contributed by atoms with Crippen LogP contribution in [-0.4, -0.2) is 282 Å². The van der Waals surface area contributed by atoms with Crippen LogP contribution in [0.3, 0.4) is 0 Å². The predicted molar refractivity (Wildman–Crippen MR) is 228 cm³/mol. The molecule has 5 aliphatic heterocycles. The van der Waals surface area contributed by atoms with Crippen molar-refractivity contribution in [3.05, 3.63) is 0 Å². The molecular weight excluding hydrogens is 964 g/mol. The van der Waals surface area contributed by atoms with Crippen molar-refractivity contribution in [2.45, 2.75) is 193 Å². The maximum absolute atomic E-state index is 13.3. The maximum Gasteiger partial charge on any atom is 0.364 e. The first-order valence-corrected chi connectivity index (χ1v) is 23.6. The SMILES string of the molecule is CC(=O)NC1[C@H](O[C@@H]2C(O)[C@H](OCCCCCN)OC(CO)[C@@H]2O)OC(CO)[C@@H](O)[C@@H]1O[C@@H]1OC(CO)[C@H](OC2OC(CO)[C@H](O)[C@H](O)[C@@H]2C)[C@H](O[C@@]2(C(=O)O)CC(O)[C@H](C)C([C@H](O)[C@H](O)CO)O2)C1O. The van der Waals surface area contributed by atoms with Crippen LogP contribution < -0.4 is 11.1 Å². The number of aliphatic hydroxyl groups is 14. The molecule has 0 radical (unpaired) electrons. The predicted octanol–water partition coefficient (Wildman–Crippen LogP) is -8.87. The fourth-order valence-corrected chi connectivity index (χ4v) is 9.25. The molecule has 29 heteroatoms. The van der Waals surface area contributed by atoms with E-state index in [9.17, 15) is 86.2 Å². The largest absolute Gasteiger partial charge is 0.477 e. The third-order valence-electron chi connectivity index (χ3n) is 13.5. The summed E-state index contributed by atoms with van der Waals surface area (Å²) in [5.41, 5.74) is 5.56. The summed E-state index contributed by atoms with van der Waals surface area (Å²) in [6, 6.07) is -1.74. The number of rotatable bonds is 23. The molecule has 5 rings (SSSR count). The fraction of sp³-hybridized carbons (Fsp3) is 0.952. The van der Waals surface area contributed by atoms with E-state index < -0.39 is 210 Å². The van der Waals surface area contributed by atoms with Gasteiger partial charge in [0.05, 0.1) is 51.3 Å². The monoisotopic (exact) mass is 1040 g/mol. The van der Waals surface area contributed by atoms with Crippen molar-refractivity contribution >= 4 is 11.9 Å². The molecule has 0 bridgehead atoms. The number of aliphatic hydroxyl groups excluding tert-OH is 14. The van der Waals surface area contributed by atoms with Crippen LogP contribution in [0.5, 0.6) is 0 Å². The molecule has 0 aromatic carbocycles. The number of hydrogen-bond donors (Lipinski definition) is 17. The summed E-state index contributed by atoms with van der Waals surface area (Å²) in [5.74, 6) is -8.19. The first kappa shape index (κ1) is 59.8. The lowest BCUT2D eigenvalue weighted by Gasteiger charge is -2.52. The van der Waals surface area contributed by atoms with Gasteiger partial charge in [-0.3, -0.25) is 4.79 Å². The highest BCUT2D eigenvalue weighted by atomic mass is 16.8. The Morgan fingerprint density at radius 1 is 0.648 bits per heavy atom. The molecule has 5 aliphatic rings. The number of carboxylic acid groups (broad SMARTS) is 1. The smallest absolute Gasteiger partial charge is 0.364 e. The quantitative estimate of drug-likeness (QED) is 0.0423. The van der Waals surface area contributed by atoms with Gasteiger partial charge in [0.1, 0.15) is 97.6 Å². The second-order valence-electron chi connectivity index (χ2n) is 18.5. The molecule has 1 amide bonds. The fourth-order valence-electron chi connectivity index (χ4n) is 9.25. The number of amides is 1. The number of carbonyl (C=O) groups is 2. The van der Waals surface area contributed by atoms with Crippen LogP contribution in [0, 0.1) is 11.8 Å². The summed E-state index contributed by atoms with van der Waals surface area (Å²) in [6.45, 7) is -0.540. The van der Waals surface area contributed by atoms with Crippen molar-refractivity contribution in [1.29, 1.82) is 0 Å². The van der Waals surface area contributed by atoms with Crippen molar-refractivity contribution < 1.29 is 134 Å². The molecule has 18 N–H and O–H groups in total. The number of ether oxygens (including phenoxy) is 10. The maximum atomic E-state index is 13.3. The van der Waals surface area contributed by atoms with Gasteiger partial charge in [-0.25, -0.2) is 4.79 Å². The van der Waals surface area contributed by atoms with Crippen molar-refractivity contribution in [2.24, 2.45) is 17.6 Å². The second kappa shape index (κ2) is 26.6. The van der Waals surface area contributed by atoms with Crippen LogP contribution in [0.15, 0.2) is 0 Å². The highest BCUT2D eigenvalue weighted by molar-refractivity contribution is 5.76. The Balaban J connectivity index is 1.53. The van der Waals surface area contributed by atoms with E-state index in [2.05, 4.69) is 5.32 Å². The second-order valence-corrected chi connectivity index (χ2v) is 18.5. The van der Waals surface area contributed by atoms with Crippen molar-refractivity contribution in [3.63, 3.8) is 0 Å². The Labute approximate surface area is 407 Å². The summed E-state index contributed by atoms with van der Waals surface area (Å²) in [6.07, 6.45) is -39.2. The van der Waals surface area contributed by atoms with Gasteiger partial charge in [0, 0.05) is 31.8 Å². The van der Waals surface area contributed by atoms with Gasteiger partial charge < -0.3 is 135 Å². The van der Waals surface area contributed by atoms with E-state index in [1.54, 1.807) is 0 Å². The van der Waals surface area contributed by atoms with E-state index in [-0.39, 0.29) is 6.61 Å². The summed E-state index contributed by atoms with van der Waals surface area (Å²) < 4.78 is 59.2. The molecule has 0 saturated carbocycles. The van der Waals surface area contributed by atoms with Crippen LogP contribution in [-0.2, 0) is 57.0 Å². The third-order valence-corrected chi connectivity index (χ3v) is 13.5. The van der Waals surface area contributed by atoms with E-state index in [4.69, 9.17) is 53.1 Å². The Kier molecular flexibility index (Phi) is 22.4. The molecule has 0 aromatic rings. The summed E-state index contributed by atoms with van der Waals surface area (Å²) in [4.78, 5) is 26.2. The molecule has 26 atom stereocenters. The molecule has 29 nitrogen and oxygen atoms in total. The Morgan fingerprint density at radius 3 is 1.76 bits per heavy atom. The summed E-state index contributed by atoms with van der Waals surface area (Å²) in [5, 5.41) is 165. The van der Waals surface area contributed by atoms with E-state index in [1.165, 1.54) is 13.8 Å². The number of nitrogens with one attached hydrogen (secondary N) is 1. The van der Waals surface area contributed by atoms with Gasteiger partial charge in [-0.1, -0.05) is 13.8 Å². The highest BCUT2D eigenvalue weighted by Crippen LogP contribution is 2.42. The number of nitrogens with two attached hydrogens (primary N) is 1. The zero-order chi connectivity index (χ0) is 52.6. The van der Waals surface area contributed by atoms with Gasteiger partial charge in [-0.15, -0.1) is 0 Å². The summed E-state index contributed by atoms with van der Waals surface area (Å²) >= 11 is 0. The Morgan fingerprint density at radius 2 is 1.18 bits per heavy atom. The molecule has 5 fully saturated rings. The molecule has 414 valence electrons. The van der Waals surface area contributed by atoms with Gasteiger partial charge >= 0.3 is 5.97 Å². The molecule has 0 spiro atoms. The van der Waals surface area contributed by atoms with E-state index in [0.29, 0.717) is 25.8 Å². The van der Waals surface area contributed by atoms with E-state index >= 15 is 0 Å². The number of aliphatic carboxylic acids is 1. The van der Waals surface area contributed by atoms with E-state index in [0.717, 1.165) is 6.92 Å². The Hall–Kier alpha value is -2.06. The zero-order valence-electron chi connectivity index (χ0n) is 39.4. The molecule has 5 saturated heterocycles. The lowest BCUT2D eigenvalue weighted by Crippen LogP contribution is -2.71.